The smallest absolute Gasteiger partial charge is 0.240 e. The summed E-state index contributed by atoms with van der Waals surface area (Å²) in [4.78, 5) is 14.0. The van der Waals surface area contributed by atoms with Gasteiger partial charge in [0.25, 0.3) is 0 Å². The Balaban J connectivity index is 1.61. The first-order chi connectivity index (χ1) is 11.5. The third-order valence-corrected chi connectivity index (χ3v) is 4.48. The second kappa shape index (κ2) is 6.53. The number of anilines is 2. The van der Waals surface area contributed by atoms with Gasteiger partial charge in [-0.05, 0) is 54.8 Å². The summed E-state index contributed by atoms with van der Waals surface area (Å²) in [5, 5.41) is 2.90. The summed E-state index contributed by atoms with van der Waals surface area (Å²) in [7, 11) is 3.68. The van der Waals surface area contributed by atoms with Crippen LogP contribution in [0.25, 0.3) is 0 Å². The molecule has 1 aliphatic carbocycles. The topological polar surface area (TPSA) is 67.6 Å². The van der Waals surface area contributed by atoms with Crippen LogP contribution in [0.15, 0.2) is 48.5 Å². The van der Waals surface area contributed by atoms with Gasteiger partial charge in [0.2, 0.25) is 5.91 Å². The minimum Gasteiger partial charge on any atom is -0.497 e. The summed E-state index contributed by atoms with van der Waals surface area (Å²) >= 11 is 0. The molecule has 1 amide bonds. The van der Waals surface area contributed by atoms with Crippen molar-refractivity contribution in [2.24, 2.45) is 5.73 Å². The van der Waals surface area contributed by atoms with Gasteiger partial charge in [-0.15, -0.1) is 0 Å². The molecular weight excluding hydrogens is 302 g/mol. The molecule has 1 saturated carbocycles. The SMILES string of the molecule is COc1ccc(N(C)c2ccc(CNC(=O)C3(N)CC3)cc2)cc1. The van der Waals surface area contributed by atoms with E-state index in [1.54, 1.807) is 7.11 Å². The average Bonchev–Trinajstić information content (AvgIpc) is 3.38. The van der Waals surface area contributed by atoms with Gasteiger partial charge in [-0.25, -0.2) is 0 Å². The van der Waals surface area contributed by atoms with E-state index in [0.717, 1.165) is 35.5 Å². The van der Waals surface area contributed by atoms with Crippen molar-refractivity contribution in [2.45, 2.75) is 24.9 Å². The summed E-state index contributed by atoms with van der Waals surface area (Å²) in [6.07, 6.45) is 1.56. The average molecular weight is 325 g/mol. The van der Waals surface area contributed by atoms with Gasteiger partial charge in [0, 0.05) is 25.0 Å². The van der Waals surface area contributed by atoms with Crippen LogP contribution < -0.4 is 20.7 Å². The maximum atomic E-state index is 11.9. The lowest BCUT2D eigenvalue weighted by molar-refractivity contribution is -0.123. The summed E-state index contributed by atoms with van der Waals surface area (Å²) < 4.78 is 5.18. The lowest BCUT2D eigenvalue weighted by Gasteiger charge is -2.20. The number of benzene rings is 2. The molecule has 0 atom stereocenters. The van der Waals surface area contributed by atoms with Crippen LogP contribution in [0.5, 0.6) is 5.75 Å². The van der Waals surface area contributed by atoms with Crippen molar-refractivity contribution in [2.75, 3.05) is 19.1 Å². The number of methoxy groups -OCH3 is 1. The number of nitrogens with zero attached hydrogens (tertiary/aromatic N) is 1. The highest BCUT2D eigenvalue weighted by Gasteiger charge is 2.45. The first kappa shape index (κ1) is 16.3. The number of nitrogens with one attached hydrogen (secondary N) is 1. The molecule has 0 aromatic heterocycles. The Hall–Kier alpha value is -2.53. The van der Waals surface area contributed by atoms with E-state index in [4.69, 9.17) is 10.5 Å². The molecule has 0 unspecified atom stereocenters. The van der Waals surface area contributed by atoms with Gasteiger partial charge in [-0.2, -0.15) is 0 Å². The quantitative estimate of drug-likeness (QED) is 0.856. The van der Waals surface area contributed by atoms with E-state index in [2.05, 4.69) is 10.2 Å². The molecule has 0 bridgehead atoms. The molecule has 1 aliphatic rings. The second-order valence-corrected chi connectivity index (χ2v) is 6.26. The van der Waals surface area contributed by atoms with E-state index in [1.165, 1.54) is 0 Å². The van der Waals surface area contributed by atoms with Gasteiger partial charge in [0.15, 0.2) is 0 Å². The van der Waals surface area contributed by atoms with Gasteiger partial charge in [-0.1, -0.05) is 12.1 Å². The number of ether oxygens (including phenoxy) is 1. The van der Waals surface area contributed by atoms with E-state index in [9.17, 15) is 4.79 Å². The van der Waals surface area contributed by atoms with Crippen LogP contribution in [0.3, 0.4) is 0 Å². The molecule has 0 spiro atoms. The van der Waals surface area contributed by atoms with Gasteiger partial charge >= 0.3 is 0 Å². The molecule has 5 nitrogen and oxygen atoms in total. The highest BCUT2D eigenvalue weighted by molar-refractivity contribution is 5.88. The molecule has 0 saturated heterocycles. The standard InChI is InChI=1S/C19H23N3O2/c1-22(16-7-9-17(24-2)10-8-16)15-5-3-14(4-6-15)13-21-18(23)19(20)11-12-19/h3-10H,11-13,20H2,1-2H3,(H,21,23). The summed E-state index contributed by atoms with van der Waals surface area (Å²) in [5.41, 5.74) is 8.47. The minimum atomic E-state index is -0.617. The number of amides is 1. The lowest BCUT2D eigenvalue weighted by atomic mass is 10.1. The molecule has 3 rings (SSSR count). The Morgan fingerprint density at radius 1 is 1.12 bits per heavy atom. The molecule has 3 N–H and O–H groups in total. The van der Waals surface area contributed by atoms with Crippen LogP contribution in [-0.2, 0) is 11.3 Å². The Morgan fingerprint density at radius 3 is 2.17 bits per heavy atom. The van der Waals surface area contributed by atoms with Gasteiger partial charge < -0.3 is 20.7 Å². The summed E-state index contributed by atoms with van der Waals surface area (Å²) in [6, 6.07) is 16.0. The molecule has 2 aromatic rings. The van der Waals surface area contributed by atoms with Crippen LogP contribution in [-0.4, -0.2) is 25.6 Å². The van der Waals surface area contributed by atoms with Crippen LogP contribution >= 0.6 is 0 Å². The predicted molar refractivity (Wildman–Crippen MR) is 95.5 cm³/mol. The highest BCUT2D eigenvalue weighted by atomic mass is 16.5. The maximum Gasteiger partial charge on any atom is 0.240 e. The zero-order chi connectivity index (χ0) is 17.2. The van der Waals surface area contributed by atoms with Crippen LogP contribution in [0, 0.1) is 0 Å². The van der Waals surface area contributed by atoms with Crippen molar-refractivity contribution in [1.29, 1.82) is 0 Å². The Morgan fingerprint density at radius 2 is 1.67 bits per heavy atom. The molecule has 0 radical (unpaired) electrons. The molecule has 2 aromatic carbocycles. The monoisotopic (exact) mass is 325 g/mol. The molecular formula is C19H23N3O2. The number of nitrogens with two attached hydrogens (primary N) is 1. The number of carbonyl (C=O) groups excluding carboxylic acids is 1. The zero-order valence-corrected chi connectivity index (χ0v) is 14.1. The van der Waals surface area contributed by atoms with Crippen LogP contribution in [0.2, 0.25) is 0 Å². The van der Waals surface area contributed by atoms with Gasteiger partial charge in [0.1, 0.15) is 5.75 Å². The first-order valence-electron chi connectivity index (χ1n) is 8.06. The van der Waals surface area contributed by atoms with Crippen LogP contribution in [0.4, 0.5) is 11.4 Å². The normalized spacial score (nSPS) is 14.8. The Kier molecular flexibility index (Phi) is 4.44. The molecule has 0 aliphatic heterocycles. The van der Waals surface area contributed by atoms with E-state index >= 15 is 0 Å². The third kappa shape index (κ3) is 3.51. The Labute approximate surface area is 142 Å². The van der Waals surface area contributed by atoms with Crippen molar-refractivity contribution < 1.29 is 9.53 Å². The lowest BCUT2D eigenvalue weighted by Crippen LogP contribution is -2.42. The number of rotatable bonds is 6. The fourth-order valence-electron chi connectivity index (χ4n) is 2.51. The van der Waals surface area contributed by atoms with Gasteiger partial charge in [0.05, 0.1) is 12.6 Å². The third-order valence-electron chi connectivity index (χ3n) is 4.48. The van der Waals surface area contributed by atoms with Crippen molar-refractivity contribution in [1.82, 2.24) is 5.32 Å². The fraction of sp³-hybridized carbons (Fsp3) is 0.316. The fourth-order valence-corrected chi connectivity index (χ4v) is 2.51. The van der Waals surface area contributed by atoms with E-state index < -0.39 is 5.54 Å². The highest BCUT2D eigenvalue weighted by Crippen LogP contribution is 2.32. The number of hydrogen-bond acceptors (Lipinski definition) is 4. The zero-order valence-electron chi connectivity index (χ0n) is 14.1. The molecule has 0 heterocycles. The maximum absolute atomic E-state index is 11.9. The van der Waals surface area contributed by atoms with Crippen molar-refractivity contribution in [3.05, 3.63) is 54.1 Å². The van der Waals surface area contributed by atoms with Crippen LogP contribution in [0.1, 0.15) is 18.4 Å². The predicted octanol–water partition coefficient (Wildman–Crippen LogP) is 2.57. The summed E-state index contributed by atoms with van der Waals surface area (Å²) in [6.45, 7) is 0.504. The van der Waals surface area contributed by atoms with E-state index in [-0.39, 0.29) is 5.91 Å². The molecule has 5 heteroatoms. The largest absolute Gasteiger partial charge is 0.497 e. The molecule has 1 fully saturated rings. The number of carbonyl (C=O) groups is 1. The van der Waals surface area contributed by atoms with Crippen molar-refractivity contribution >= 4 is 17.3 Å². The van der Waals surface area contributed by atoms with Gasteiger partial charge in [-0.3, -0.25) is 4.79 Å². The second-order valence-electron chi connectivity index (χ2n) is 6.26. The number of hydrogen-bond donors (Lipinski definition) is 2. The van der Waals surface area contributed by atoms with E-state index in [0.29, 0.717) is 6.54 Å². The van der Waals surface area contributed by atoms with Crippen molar-refractivity contribution in [3.63, 3.8) is 0 Å². The molecule has 24 heavy (non-hydrogen) atoms. The minimum absolute atomic E-state index is 0.0538. The first-order valence-corrected chi connectivity index (χ1v) is 8.06. The Bertz CT molecular complexity index is 706. The van der Waals surface area contributed by atoms with E-state index in [1.807, 2.05) is 55.6 Å². The summed E-state index contributed by atoms with van der Waals surface area (Å²) in [5.74, 6) is 0.786. The molecule has 126 valence electrons. The van der Waals surface area contributed by atoms with Crippen molar-refractivity contribution in [3.8, 4) is 5.75 Å².